The Labute approximate surface area is 92.6 Å². The Hall–Kier alpha value is -1.07. The minimum Gasteiger partial charge on any atom is -0.326 e. The molecule has 2 aromatic heterocycles. The van der Waals surface area contributed by atoms with Crippen LogP contribution in [0.25, 0.3) is 10.5 Å². The van der Waals surface area contributed by atoms with Gasteiger partial charge in [0.1, 0.15) is 0 Å². The van der Waals surface area contributed by atoms with Crippen molar-refractivity contribution in [1.29, 1.82) is 0 Å². The van der Waals surface area contributed by atoms with Crippen molar-refractivity contribution >= 4 is 21.8 Å². The van der Waals surface area contributed by atoms with E-state index in [1.54, 1.807) is 23.7 Å². The quantitative estimate of drug-likeness (QED) is 0.859. The van der Waals surface area contributed by atoms with E-state index in [1.807, 2.05) is 13.8 Å². The zero-order valence-corrected chi connectivity index (χ0v) is 9.71. The van der Waals surface area contributed by atoms with Crippen LogP contribution in [-0.2, 0) is 6.42 Å². The van der Waals surface area contributed by atoms with Crippen LogP contribution in [0.1, 0.15) is 25.3 Å². The molecule has 0 saturated heterocycles. The Morgan fingerprint density at radius 1 is 1.33 bits per heavy atom. The summed E-state index contributed by atoms with van der Waals surface area (Å²) in [5.74, 6) is 0. The van der Waals surface area contributed by atoms with Gasteiger partial charge in [0.05, 0.1) is 5.01 Å². The van der Waals surface area contributed by atoms with Gasteiger partial charge in [-0.1, -0.05) is 11.3 Å². The monoisotopic (exact) mass is 222 g/mol. The summed E-state index contributed by atoms with van der Waals surface area (Å²) < 4.78 is 0. The molecule has 0 aromatic carbocycles. The Bertz CT molecular complexity index is 425. The first kappa shape index (κ1) is 10.4. The number of aryl methyl sites for hydroxylation is 1. The number of fused-ring (bicyclic) bond motifs is 1. The average molecular weight is 222 g/mol. The lowest BCUT2D eigenvalue weighted by atomic mass is 10.0. The first-order valence-corrected chi connectivity index (χ1v) is 5.71. The second-order valence-corrected chi connectivity index (χ2v) is 5.34. The summed E-state index contributed by atoms with van der Waals surface area (Å²) in [6, 6.07) is 0. The Kier molecular flexibility index (Phi) is 2.67. The zero-order chi connectivity index (χ0) is 10.9. The van der Waals surface area contributed by atoms with Crippen molar-refractivity contribution in [2.24, 2.45) is 5.73 Å². The summed E-state index contributed by atoms with van der Waals surface area (Å²) in [6.45, 7) is 4.05. The third-order valence-electron chi connectivity index (χ3n) is 2.07. The molecule has 15 heavy (non-hydrogen) atoms. The molecule has 5 heteroatoms. The molecule has 4 nitrogen and oxygen atoms in total. The molecular weight excluding hydrogens is 208 g/mol. The van der Waals surface area contributed by atoms with Gasteiger partial charge in [0.2, 0.25) is 0 Å². The van der Waals surface area contributed by atoms with Crippen LogP contribution in [0.4, 0.5) is 0 Å². The molecule has 0 aliphatic rings. The summed E-state index contributed by atoms with van der Waals surface area (Å²) in [6.07, 6.45) is 5.18. The second-order valence-electron chi connectivity index (χ2n) is 4.28. The molecule has 2 rings (SSSR count). The highest BCUT2D eigenvalue weighted by Crippen LogP contribution is 2.20. The van der Waals surface area contributed by atoms with Gasteiger partial charge in [-0.25, -0.2) is 15.0 Å². The molecule has 0 unspecified atom stereocenters. The molecule has 0 fully saturated rings. The number of thiazole rings is 1. The number of hydrogen-bond donors (Lipinski definition) is 1. The summed E-state index contributed by atoms with van der Waals surface area (Å²) in [7, 11) is 0. The van der Waals surface area contributed by atoms with E-state index >= 15 is 0 Å². The fraction of sp³-hybridized carbons (Fsp3) is 0.500. The highest BCUT2D eigenvalue weighted by Gasteiger charge is 2.12. The molecule has 0 spiro atoms. The highest BCUT2D eigenvalue weighted by atomic mass is 32.1. The average Bonchev–Trinajstić information content (AvgIpc) is 2.56. The lowest BCUT2D eigenvalue weighted by Crippen LogP contribution is -2.32. The van der Waals surface area contributed by atoms with Gasteiger partial charge < -0.3 is 5.73 Å². The van der Waals surface area contributed by atoms with Crippen LogP contribution in [-0.4, -0.2) is 20.5 Å². The lowest BCUT2D eigenvalue weighted by Gasteiger charge is -2.16. The topological polar surface area (TPSA) is 64.7 Å². The minimum absolute atomic E-state index is 0.140. The number of hydrogen-bond acceptors (Lipinski definition) is 5. The summed E-state index contributed by atoms with van der Waals surface area (Å²) in [5.41, 5.74) is 6.53. The number of aromatic nitrogens is 3. The zero-order valence-electron chi connectivity index (χ0n) is 8.90. The Balaban J connectivity index is 2.16. The van der Waals surface area contributed by atoms with Crippen LogP contribution in [0.15, 0.2) is 12.4 Å². The largest absolute Gasteiger partial charge is 0.326 e. The van der Waals surface area contributed by atoms with E-state index in [9.17, 15) is 0 Å². The number of nitrogens with zero attached hydrogens (tertiary/aromatic N) is 3. The standard InChI is InChI=1S/C10H14N4S/c1-10(2,11)4-3-7-14-8-9(15-7)13-6-5-12-8/h5-6H,3-4,11H2,1-2H3. The van der Waals surface area contributed by atoms with Crippen molar-refractivity contribution in [2.45, 2.75) is 32.2 Å². The van der Waals surface area contributed by atoms with Crippen molar-refractivity contribution in [2.75, 3.05) is 0 Å². The Morgan fingerprint density at radius 2 is 2.07 bits per heavy atom. The van der Waals surface area contributed by atoms with Crippen LogP contribution >= 0.6 is 11.3 Å². The molecule has 2 N–H and O–H groups in total. The normalized spacial score (nSPS) is 12.2. The molecule has 0 aliphatic carbocycles. The molecule has 2 aromatic rings. The fourth-order valence-electron chi connectivity index (χ4n) is 1.26. The van der Waals surface area contributed by atoms with Crippen molar-refractivity contribution in [1.82, 2.24) is 15.0 Å². The number of nitrogens with two attached hydrogens (primary N) is 1. The maximum atomic E-state index is 5.92. The van der Waals surface area contributed by atoms with Gasteiger partial charge in [0.15, 0.2) is 10.5 Å². The van der Waals surface area contributed by atoms with E-state index in [0.29, 0.717) is 0 Å². The predicted octanol–water partition coefficient (Wildman–Crippen LogP) is 1.76. The van der Waals surface area contributed by atoms with Gasteiger partial charge in [-0.15, -0.1) is 0 Å². The third kappa shape index (κ3) is 2.70. The van der Waals surface area contributed by atoms with Crippen molar-refractivity contribution in [3.05, 3.63) is 17.4 Å². The van der Waals surface area contributed by atoms with Crippen molar-refractivity contribution in [3.8, 4) is 0 Å². The van der Waals surface area contributed by atoms with E-state index in [4.69, 9.17) is 5.73 Å². The first-order chi connectivity index (χ1) is 7.04. The maximum absolute atomic E-state index is 5.92. The molecule has 0 radical (unpaired) electrons. The minimum atomic E-state index is -0.140. The van der Waals surface area contributed by atoms with Gasteiger partial charge in [-0.2, -0.15) is 0 Å². The Morgan fingerprint density at radius 3 is 2.73 bits per heavy atom. The lowest BCUT2D eigenvalue weighted by molar-refractivity contribution is 0.476. The van der Waals surface area contributed by atoms with E-state index in [1.165, 1.54) is 0 Å². The molecule has 0 atom stereocenters. The molecule has 80 valence electrons. The van der Waals surface area contributed by atoms with Crippen LogP contribution in [0.3, 0.4) is 0 Å². The highest BCUT2D eigenvalue weighted by molar-refractivity contribution is 7.18. The number of rotatable bonds is 3. The third-order valence-corrected chi connectivity index (χ3v) is 3.09. The van der Waals surface area contributed by atoms with E-state index in [-0.39, 0.29) is 5.54 Å². The molecule has 2 heterocycles. The van der Waals surface area contributed by atoms with Crippen LogP contribution in [0.2, 0.25) is 0 Å². The van der Waals surface area contributed by atoms with Crippen LogP contribution < -0.4 is 5.73 Å². The summed E-state index contributed by atoms with van der Waals surface area (Å²) >= 11 is 1.60. The van der Waals surface area contributed by atoms with E-state index in [2.05, 4.69) is 15.0 Å². The van der Waals surface area contributed by atoms with Gasteiger partial charge in [-0.05, 0) is 20.3 Å². The fourth-order valence-corrected chi connectivity index (χ4v) is 2.12. The molecule has 0 bridgehead atoms. The second kappa shape index (κ2) is 3.83. The predicted molar refractivity (Wildman–Crippen MR) is 61.8 cm³/mol. The smallest absolute Gasteiger partial charge is 0.189 e. The summed E-state index contributed by atoms with van der Waals surface area (Å²) in [5, 5.41) is 1.06. The molecule has 0 amide bonds. The van der Waals surface area contributed by atoms with Gasteiger partial charge >= 0.3 is 0 Å². The van der Waals surface area contributed by atoms with Crippen molar-refractivity contribution in [3.63, 3.8) is 0 Å². The maximum Gasteiger partial charge on any atom is 0.189 e. The van der Waals surface area contributed by atoms with Gasteiger partial charge in [-0.3, -0.25) is 0 Å². The molecule has 0 aliphatic heterocycles. The van der Waals surface area contributed by atoms with Gasteiger partial charge in [0, 0.05) is 24.4 Å². The van der Waals surface area contributed by atoms with Crippen LogP contribution in [0.5, 0.6) is 0 Å². The molecule has 0 saturated carbocycles. The molecular formula is C10H14N4S. The van der Waals surface area contributed by atoms with Crippen molar-refractivity contribution < 1.29 is 0 Å². The SMILES string of the molecule is CC(C)(N)CCc1nc2nccnc2s1. The van der Waals surface area contributed by atoms with E-state index in [0.717, 1.165) is 28.3 Å². The first-order valence-electron chi connectivity index (χ1n) is 4.90. The summed E-state index contributed by atoms with van der Waals surface area (Å²) in [4.78, 5) is 13.7. The van der Waals surface area contributed by atoms with E-state index < -0.39 is 0 Å². The van der Waals surface area contributed by atoms with Crippen LogP contribution in [0, 0.1) is 0 Å². The van der Waals surface area contributed by atoms with Gasteiger partial charge in [0.25, 0.3) is 0 Å².